The van der Waals surface area contributed by atoms with Crippen LogP contribution in [0.1, 0.15) is 74.2 Å². The summed E-state index contributed by atoms with van der Waals surface area (Å²) in [5.74, 6) is 0.965. The van der Waals surface area contributed by atoms with E-state index in [0.717, 1.165) is 25.7 Å². The highest BCUT2D eigenvalue weighted by Gasteiger charge is 2.59. The fourth-order valence-electron chi connectivity index (χ4n) is 7.14. The van der Waals surface area contributed by atoms with E-state index in [2.05, 4.69) is 32.7 Å². The number of fused-ring (bicyclic) bond motifs is 1. The molecule has 5 heteroatoms. The summed E-state index contributed by atoms with van der Waals surface area (Å²) in [6.45, 7) is 9.00. The van der Waals surface area contributed by atoms with Gasteiger partial charge in [-0.1, -0.05) is 40.2 Å². The minimum atomic E-state index is -0.278. The molecule has 34 heavy (non-hydrogen) atoms. The third-order valence-corrected chi connectivity index (χ3v) is 8.81. The predicted octanol–water partition coefficient (Wildman–Crippen LogP) is 6.27. The lowest BCUT2D eigenvalue weighted by atomic mass is 9.43. The van der Waals surface area contributed by atoms with Gasteiger partial charge in [-0.05, 0) is 66.2 Å². The summed E-state index contributed by atoms with van der Waals surface area (Å²) in [6, 6.07) is 10.8. The molecule has 0 amide bonds. The van der Waals surface area contributed by atoms with Gasteiger partial charge in [-0.15, -0.1) is 0 Å². The second-order valence-corrected chi connectivity index (χ2v) is 11.1. The molecule has 0 saturated heterocycles. The fraction of sp³-hybridized carbons (Fsp3) is 0.552. The zero-order chi connectivity index (χ0) is 24.7. The van der Waals surface area contributed by atoms with Crippen LogP contribution in [0, 0.1) is 34.5 Å². The average molecular weight is 464 g/mol. The number of carbonyl (C=O) groups is 2. The summed E-state index contributed by atoms with van der Waals surface area (Å²) in [5.41, 5.74) is 0.948. The van der Waals surface area contributed by atoms with E-state index in [1.54, 1.807) is 44.7 Å². The summed E-state index contributed by atoms with van der Waals surface area (Å²) < 4.78 is 10.9. The number of ketones is 2. The van der Waals surface area contributed by atoms with E-state index in [-0.39, 0.29) is 46.1 Å². The van der Waals surface area contributed by atoms with Crippen molar-refractivity contribution < 1.29 is 19.1 Å². The number of rotatable bonds is 6. The number of hydrogen-bond donors (Lipinski definition) is 0. The van der Waals surface area contributed by atoms with Gasteiger partial charge in [-0.25, -0.2) is 0 Å². The molecular formula is C29H37NO4. The van der Waals surface area contributed by atoms with Gasteiger partial charge in [0, 0.05) is 29.7 Å². The van der Waals surface area contributed by atoms with Crippen molar-refractivity contribution >= 4 is 11.6 Å². The van der Waals surface area contributed by atoms with E-state index in [0.29, 0.717) is 22.8 Å². The molecule has 182 valence electrons. The summed E-state index contributed by atoms with van der Waals surface area (Å²) >= 11 is 0. The summed E-state index contributed by atoms with van der Waals surface area (Å²) in [6.07, 6.45) is 5.66. The lowest BCUT2D eigenvalue weighted by Gasteiger charge is -2.60. The third-order valence-electron chi connectivity index (χ3n) is 8.81. The number of methoxy groups -OCH3 is 2. The molecule has 5 atom stereocenters. The first kappa shape index (κ1) is 24.4. The third kappa shape index (κ3) is 4.14. The van der Waals surface area contributed by atoms with Crippen LogP contribution in [0.4, 0.5) is 0 Å². The van der Waals surface area contributed by atoms with Crippen LogP contribution < -0.4 is 9.47 Å². The van der Waals surface area contributed by atoms with Gasteiger partial charge in [0.25, 0.3) is 0 Å². The van der Waals surface area contributed by atoms with Gasteiger partial charge in [-0.2, -0.15) is 0 Å². The lowest BCUT2D eigenvalue weighted by Crippen LogP contribution is -2.57. The average Bonchev–Trinajstić information content (AvgIpc) is 2.82. The normalized spacial score (nSPS) is 30.2. The molecule has 1 unspecified atom stereocenters. The van der Waals surface area contributed by atoms with Crippen LogP contribution in [0.5, 0.6) is 11.5 Å². The van der Waals surface area contributed by atoms with Gasteiger partial charge >= 0.3 is 0 Å². The Bertz CT molecular complexity index is 1040. The molecule has 1 aromatic carbocycles. The maximum atomic E-state index is 14.3. The number of carbonyl (C=O) groups excluding carboxylic acids is 2. The zero-order valence-electron chi connectivity index (χ0n) is 21.3. The van der Waals surface area contributed by atoms with Crippen molar-refractivity contribution in [3.63, 3.8) is 0 Å². The van der Waals surface area contributed by atoms with Crippen molar-refractivity contribution in [3.8, 4) is 11.5 Å². The van der Waals surface area contributed by atoms with Crippen molar-refractivity contribution in [3.05, 3.63) is 53.9 Å². The molecule has 5 nitrogen and oxygen atoms in total. The minimum Gasteiger partial charge on any atom is -0.497 e. The Morgan fingerprint density at radius 1 is 0.971 bits per heavy atom. The summed E-state index contributed by atoms with van der Waals surface area (Å²) in [5, 5.41) is 0. The van der Waals surface area contributed by atoms with Crippen LogP contribution >= 0.6 is 0 Å². The van der Waals surface area contributed by atoms with Crippen LogP contribution in [0.3, 0.4) is 0 Å². The molecule has 1 heterocycles. The highest BCUT2D eigenvalue weighted by Crippen LogP contribution is 2.63. The highest BCUT2D eigenvalue weighted by molar-refractivity contribution is 6.01. The molecule has 0 N–H and O–H groups in total. The molecule has 0 aliphatic heterocycles. The van der Waals surface area contributed by atoms with E-state index in [9.17, 15) is 9.59 Å². The number of ether oxygens (including phenoxy) is 2. The summed E-state index contributed by atoms with van der Waals surface area (Å²) in [4.78, 5) is 32.3. The lowest BCUT2D eigenvalue weighted by molar-refractivity contribution is -0.0944. The Morgan fingerprint density at radius 2 is 1.65 bits per heavy atom. The van der Waals surface area contributed by atoms with Crippen molar-refractivity contribution in [1.82, 2.24) is 4.98 Å². The Kier molecular flexibility index (Phi) is 6.58. The number of hydrogen-bond acceptors (Lipinski definition) is 5. The van der Waals surface area contributed by atoms with E-state index in [4.69, 9.17) is 9.47 Å². The predicted molar refractivity (Wildman–Crippen MR) is 132 cm³/mol. The van der Waals surface area contributed by atoms with Gasteiger partial charge in [0.2, 0.25) is 0 Å². The van der Waals surface area contributed by atoms with Crippen molar-refractivity contribution in [1.29, 1.82) is 0 Å². The van der Waals surface area contributed by atoms with Crippen LogP contribution in [0.15, 0.2) is 42.6 Å². The highest BCUT2D eigenvalue weighted by atomic mass is 16.5. The molecule has 2 aliphatic carbocycles. The van der Waals surface area contributed by atoms with E-state index >= 15 is 0 Å². The maximum Gasteiger partial charge on any atom is 0.184 e. The topological polar surface area (TPSA) is 65.5 Å². The Balaban J connectivity index is 1.81. The van der Waals surface area contributed by atoms with Crippen LogP contribution in [0.25, 0.3) is 0 Å². The zero-order valence-corrected chi connectivity index (χ0v) is 21.3. The minimum absolute atomic E-state index is 0.0533. The number of benzene rings is 1. The van der Waals surface area contributed by atoms with E-state index < -0.39 is 0 Å². The number of pyridine rings is 1. The summed E-state index contributed by atoms with van der Waals surface area (Å²) in [7, 11) is 3.18. The first-order valence-electron chi connectivity index (χ1n) is 12.3. The monoisotopic (exact) mass is 463 g/mol. The second kappa shape index (κ2) is 9.16. The van der Waals surface area contributed by atoms with Gasteiger partial charge in [0.05, 0.1) is 14.2 Å². The maximum absolute atomic E-state index is 14.3. The van der Waals surface area contributed by atoms with Gasteiger partial charge < -0.3 is 9.47 Å². The van der Waals surface area contributed by atoms with Crippen molar-refractivity contribution in [2.45, 2.75) is 53.4 Å². The fourth-order valence-corrected chi connectivity index (χ4v) is 7.14. The quantitative estimate of drug-likeness (QED) is 0.473. The molecule has 0 bridgehead atoms. The van der Waals surface area contributed by atoms with Gasteiger partial charge in [-0.3, -0.25) is 14.6 Å². The smallest absolute Gasteiger partial charge is 0.184 e. The Labute approximate surface area is 203 Å². The molecule has 2 aromatic rings. The van der Waals surface area contributed by atoms with Gasteiger partial charge in [0.1, 0.15) is 17.2 Å². The van der Waals surface area contributed by atoms with E-state index in [1.807, 2.05) is 12.1 Å². The molecule has 2 fully saturated rings. The van der Waals surface area contributed by atoms with E-state index in [1.165, 1.54) is 0 Å². The molecule has 1 aromatic heterocycles. The largest absolute Gasteiger partial charge is 0.497 e. The Morgan fingerprint density at radius 3 is 2.24 bits per heavy atom. The first-order chi connectivity index (χ1) is 16.1. The standard InChI is InChI=1S/C29H37NO4/c1-18-22(27(32)23-10-7-8-13-30-23)17-24-28(2,3)11-9-12-29(24,4)25(18)26(31)19-14-20(33-5)16-21(15-19)34-6/h7-8,10,13-16,18,22,24-25H,9,11-12,17H2,1-6H3/t18-,22?,24-,25+,29-/m0/s1. The molecule has 4 rings (SSSR count). The number of aromatic nitrogens is 1. The first-order valence-corrected chi connectivity index (χ1v) is 12.3. The number of nitrogens with zero attached hydrogens (tertiary/aromatic N) is 1. The van der Waals surface area contributed by atoms with Crippen LogP contribution in [-0.4, -0.2) is 30.8 Å². The molecule has 2 aliphatic rings. The van der Waals surface area contributed by atoms with Crippen LogP contribution in [0.2, 0.25) is 0 Å². The van der Waals surface area contributed by atoms with Gasteiger partial charge in [0.15, 0.2) is 11.6 Å². The second-order valence-electron chi connectivity index (χ2n) is 11.1. The molecule has 2 saturated carbocycles. The molecule has 0 spiro atoms. The van der Waals surface area contributed by atoms with Crippen molar-refractivity contribution in [2.24, 2.45) is 34.5 Å². The molecule has 0 radical (unpaired) electrons. The van der Waals surface area contributed by atoms with Crippen molar-refractivity contribution in [2.75, 3.05) is 14.2 Å². The molecular weight excluding hydrogens is 426 g/mol. The SMILES string of the molecule is COc1cc(OC)cc(C(=O)[C@H]2[C@@H](C)C(C(=O)c3ccccn3)C[C@H]3C(C)(C)CCC[C@]23C)c1. The Hall–Kier alpha value is -2.69. The van der Waals surface area contributed by atoms with Crippen LogP contribution in [-0.2, 0) is 0 Å². The number of Topliss-reactive ketones (excluding diaryl/α,β-unsaturated/α-hetero) is 2.